The number of aromatic nitrogens is 1. The molecule has 1 aromatic heterocycles. The van der Waals surface area contributed by atoms with Crippen molar-refractivity contribution in [3.05, 3.63) is 17.3 Å². The first-order chi connectivity index (χ1) is 6.09. The van der Waals surface area contributed by atoms with Crippen molar-refractivity contribution in [2.75, 3.05) is 11.1 Å². The number of nitrogens with two attached hydrogens (primary N) is 1. The fourth-order valence-corrected chi connectivity index (χ4v) is 1.29. The van der Waals surface area contributed by atoms with Crippen LogP contribution in [0.15, 0.2) is 12.1 Å². The van der Waals surface area contributed by atoms with Gasteiger partial charge >= 0.3 is 0 Å². The molecule has 1 aliphatic rings. The fourth-order valence-electron chi connectivity index (χ4n) is 1.14. The molecule has 1 aromatic rings. The van der Waals surface area contributed by atoms with Crippen LogP contribution in [0.1, 0.15) is 19.8 Å². The van der Waals surface area contributed by atoms with Gasteiger partial charge in [-0.1, -0.05) is 11.6 Å². The normalized spacial score (nSPS) is 18.3. The summed E-state index contributed by atoms with van der Waals surface area (Å²) in [6.07, 6.45) is 2.33. The Balaban J connectivity index is 2.23. The van der Waals surface area contributed by atoms with Crippen molar-refractivity contribution in [2.24, 2.45) is 0 Å². The molecule has 0 radical (unpaired) electrons. The lowest BCUT2D eigenvalue weighted by Gasteiger charge is -2.13. The van der Waals surface area contributed by atoms with Crippen LogP contribution in [0.3, 0.4) is 0 Å². The van der Waals surface area contributed by atoms with Crippen molar-refractivity contribution in [1.82, 2.24) is 4.98 Å². The smallest absolute Gasteiger partial charge is 0.151 e. The molecule has 0 spiro atoms. The first kappa shape index (κ1) is 8.63. The van der Waals surface area contributed by atoms with Crippen LogP contribution < -0.4 is 11.1 Å². The number of anilines is 2. The van der Waals surface area contributed by atoms with Gasteiger partial charge in [-0.05, 0) is 31.9 Å². The summed E-state index contributed by atoms with van der Waals surface area (Å²) in [6, 6.07) is 3.46. The predicted octanol–water partition coefficient (Wildman–Crippen LogP) is 2.28. The first-order valence-electron chi connectivity index (χ1n) is 4.29. The van der Waals surface area contributed by atoms with E-state index in [0.29, 0.717) is 16.7 Å². The van der Waals surface area contributed by atoms with Crippen LogP contribution in [0.5, 0.6) is 0 Å². The number of pyridine rings is 1. The number of hydrogen-bond donors (Lipinski definition) is 2. The highest BCUT2D eigenvalue weighted by Gasteiger charge is 2.37. The molecule has 3 nitrogen and oxygen atoms in total. The van der Waals surface area contributed by atoms with Gasteiger partial charge in [-0.3, -0.25) is 0 Å². The van der Waals surface area contributed by atoms with E-state index in [4.69, 9.17) is 17.3 Å². The van der Waals surface area contributed by atoms with E-state index in [-0.39, 0.29) is 5.54 Å². The minimum Gasteiger partial charge on any atom is -0.396 e. The Labute approximate surface area is 82.3 Å². The Hall–Kier alpha value is -0.960. The van der Waals surface area contributed by atoms with Crippen LogP contribution in [-0.4, -0.2) is 10.5 Å². The van der Waals surface area contributed by atoms with Crippen molar-refractivity contribution < 1.29 is 0 Å². The van der Waals surface area contributed by atoms with Crippen LogP contribution in [0.25, 0.3) is 0 Å². The summed E-state index contributed by atoms with van der Waals surface area (Å²) < 4.78 is 0. The van der Waals surface area contributed by atoms with Gasteiger partial charge < -0.3 is 11.1 Å². The van der Waals surface area contributed by atoms with Gasteiger partial charge in [0.1, 0.15) is 5.15 Å². The number of nitrogen functional groups attached to an aromatic ring is 1. The summed E-state index contributed by atoms with van der Waals surface area (Å²) in [5.74, 6) is 0.701. The molecule has 70 valence electrons. The number of nitrogens with one attached hydrogen (secondary N) is 1. The summed E-state index contributed by atoms with van der Waals surface area (Å²) in [5.41, 5.74) is 6.58. The maximum absolute atomic E-state index is 5.76. The first-order valence-corrected chi connectivity index (χ1v) is 4.67. The Morgan fingerprint density at radius 2 is 2.23 bits per heavy atom. The van der Waals surface area contributed by atoms with Gasteiger partial charge in [-0.25, -0.2) is 4.98 Å². The summed E-state index contributed by atoms with van der Waals surface area (Å²) in [5, 5.41) is 3.75. The zero-order chi connectivity index (χ0) is 9.47. The van der Waals surface area contributed by atoms with Crippen LogP contribution in [-0.2, 0) is 0 Å². The van der Waals surface area contributed by atoms with Gasteiger partial charge in [-0.2, -0.15) is 0 Å². The van der Waals surface area contributed by atoms with Crippen LogP contribution >= 0.6 is 11.6 Å². The summed E-state index contributed by atoms with van der Waals surface area (Å²) >= 11 is 5.76. The highest BCUT2D eigenvalue weighted by molar-refractivity contribution is 6.29. The van der Waals surface area contributed by atoms with E-state index >= 15 is 0 Å². The lowest BCUT2D eigenvalue weighted by atomic mass is 10.3. The van der Waals surface area contributed by atoms with E-state index in [9.17, 15) is 0 Å². The standard InChI is InChI=1S/C9H12ClN3/c1-9(4-5-9)13-8-6(11)2-3-7(10)12-8/h2-3H,4-5,11H2,1H3,(H,12,13). The molecule has 0 atom stereocenters. The van der Waals surface area contributed by atoms with Crippen molar-refractivity contribution in [2.45, 2.75) is 25.3 Å². The minimum absolute atomic E-state index is 0.186. The minimum atomic E-state index is 0.186. The molecule has 1 aliphatic carbocycles. The second-order valence-electron chi connectivity index (χ2n) is 3.76. The Bertz CT molecular complexity index is 334. The molecule has 2 rings (SSSR count). The monoisotopic (exact) mass is 197 g/mol. The van der Waals surface area contributed by atoms with E-state index in [1.807, 2.05) is 0 Å². The predicted molar refractivity (Wildman–Crippen MR) is 54.9 cm³/mol. The fraction of sp³-hybridized carbons (Fsp3) is 0.444. The molecule has 0 unspecified atom stereocenters. The molecule has 1 fully saturated rings. The molecule has 0 aliphatic heterocycles. The number of rotatable bonds is 2. The van der Waals surface area contributed by atoms with Crippen LogP contribution in [0, 0.1) is 0 Å². The maximum Gasteiger partial charge on any atom is 0.151 e. The molecule has 1 saturated carbocycles. The Kier molecular flexibility index (Phi) is 1.84. The van der Waals surface area contributed by atoms with E-state index < -0.39 is 0 Å². The zero-order valence-corrected chi connectivity index (χ0v) is 8.23. The second kappa shape index (κ2) is 2.77. The van der Waals surface area contributed by atoms with E-state index in [0.717, 1.165) is 0 Å². The highest BCUT2D eigenvalue weighted by Crippen LogP contribution is 2.38. The van der Waals surface area contributed by atoms with E-state index in [2.05, 4.69) is 17.2 Å². The van der Waals surface area contributed by atoms with Gasteiger partial charge in [-0.15, -0.1) is 0 Å². The van der Waals surface area contributed by atoms with Crippen molar-refractivity contribution in [3.8, 4) is 0 Å². The van der Waals surface area contributed by atoms with Gasteiger partial charge in [0.05, 0.1) is 5.69 Å². The maximum atomic E-state index is 5.76. The topological polar surface area (TPSA) is 50.9 Å². The van der Waals surface area contributed by atoms with Crippen LogP contribution in [0.2, 0.25) is 5.15 Å². The van der Waals surface area contributed by atoms with Gasteiger partial charge in [0, 0.05) is 5.54 Å². The largest absolute Gasteiger partial charge is 0.396 e. The number of hydrogen-bond acceptors (Lipinski definition) is 3. The molecule has 1 heterocycles. The quantitative estimate of drug-likeness (QED) is 0.716. The third kappa shape index (κ3) is 1.86. The third-order valence-corrected chi connectivity index (χ3v) is 2.52. The number of halogens is 1. The molecule has 4 heteroatoms. The van der Waals surface area contributed by atoms with Gasteiger partial charge in [0.25, 0.3) is 0 Å². The zero-order valence-electron chi connectivity index (χ0n) is 7.47. The third-order valence-electron chi connectivity index (χ3n) is 2.31. The molecular formula is C9H12ClN3. The van der Waals surface area contributed by atoms with Crippen LogP contribution in [0.4, 0.5) is 11.5 Å². The van der Waals surface area contributed by atoms with Crippen molar-refractivity contribution >= 4 is 23.1 Å². The summed E-state index contributed by atoms with van der Waals surface area (Å²) in [6.45, 7) is 2.15. The molecule has 13 heavy (non-hydrogen) atoms. The highest BCUT2D eigenvalue weighted by atomic mass is 35.5. The van der Waals surface area contributed by atoms with Gasteiger partial charge in [0.15, 0.2) is 5.82 Å². The lowest BCUT2D eigenvalue weighted by molar-refractivity contribution is 0.822. The van der Waals surface area contributed by atoms with Crippen molar-refractivity contribution in [3.63, 3.8) is 0 Å². The molecule has 0 saturated heterocycles. The summed E-state index contributed by atoms with van der Waals surface area (Å²) in [4.78, 5) is 4.13. The van der Waals surface area contributed by atoms with Crippen molar-refractivity contribution in [1.29, 1.82) is 0 Å². The molecular weight excluding hydrogens is 186 g/mol. The average molecular weight is 198 g/mol. The molecule has 0 amide bonds. The SMILES string of the molecule is CC1(Nc2nc(Cl)ccc2N)CC1. The Morgan fingerprint density at radius 1 is 1.54 bits per heavy atom. The average Bonchev–Trinajstić information content (AvgIpc) is 2.76. The molecule has 0 aromatic carbocycles. The lowest BCUT2D eigenvalue weighted by Crippen LogP contribution is -2.18. The van der Waals surface area contributed by atoms with E-state index in [1.54, 1.807) is 12.1 Å². The second-order valence-corrected chi connectivity index (χ2v) is 4.14. The molecule has 3 N–H and O–H groups in total. The molecule has 0 bridgehead atoms. The Morgan fingerprint density at radius 3 is 2.85 bits per heavy atom. The van der Waals surface area contributed by atoms with Gasteiger partial charge in [0.2, 0.25) is 0 Å². The number of nitrogens with zero attached hydrogens (tertiary/aromatic N) is 1. The summed E-state index contributed by atoms with van der Waals surface area (Å²) in [7, 11) is 0. The van der Waals surface area contributed by atoms with E-state index in [1.165, 1.54) is 12.8 Å².